The Labute approximate surface area is 246 Å². The number of aryl methyl sites for hydroxylation is 1. The standard InChI is InChI=1S/C34H37N5O3/c1-23-36-31-13-8-17-35-32(31)38(23)28-20-26-14-15-27(21-28)37(26)18-16-30(25-11-6-3-7-12-25)33(40)39-29(22-42-34(39)41)19-24-9-4-2-5-10-24/h2-13,17,26-30H,14-16,18-22H2,1H3/t26-,27+,28?,29-,30+/m1/s1. The van der Waals surface area contributed by atoms with E-state index in [0.29, 0.717) is 31.0 Å². The Bertz CT molecular complexity index is 1560. The number of carbonyl (C=O) groups excluding carboxylic acids is 2. The van der Waals surface area contributed by atoms with Gasteiger partial charge in [-0.25, -0.2) is 19.7 Å². The predicted molar refractivity (Wildman–Crippen MR) is 160 cm³/mol. The summed E-state index contributed by atoms with van der Waals surface area (Å²) >= 11 is 0. The minimum atomic E-state index is -0.528. The molecule has 3 fully saturated rings. The number of carbonyl (C=O) groups is 2. The van der Waals surface area contributed by atoms with E-state index in [0.717, 1.165) is 47.5 Å². The van der Waals surface area contributed by atoms with Gasteiger partial charge in [0.1, 0.15) is 17.9 Å². The zero-order valence-electron chi connectivity index (χ0n) is 24.0. The van der Waals surface area contributed by atoms with E-state index in [2.05, 4.69) is 21.4 Å². The summed E-state index contributed by atoms with van der Waals surface area (Å²) in [6.07, 6.45) is 7.03. The molecule has 8 nitrogen and oxygen atoms in total. The zero-order valence-corrected chi connectivity index (χ0v) is 24.0. The Hall–Kier alpha value is -4.04. The van der Waals surface area contributed by atoms with Crippen LogP contribution < -0.4 is 0 Å². The fourth-order valence-electron chi connectivity index (χ4n) is 7.63. The van der Waals surface area contributed by atoms with Gasteiger partial charge in [0.05, 0.1) is 12.0 Å². The number of amides is 2. The molecule has 0 spiro atoms. The second-order valence-electron chi connectivity index (χ2n) is 12.0. The summed E-state index contributed by atoms with van der Waals surface area (Å²) in [7, 11) is 0. The van der Waals surface area contributed by atoms with Crippen molar-refractivity contribution in [2.75, 3.05) is 13.2 Å². The van der Waals surface area contributed by atoms with Gasteiger partial charge in [-0.05, 0) is 75.3 Å². The molecule has 0 N–H and O–H groups in total. The Morgan fingerprint density at radius 1 is 0.952 bits per heavy atom. The molecule has 2 aromatic carbocycles. The van der Waals surface area contributed by atoms with E-state index in [-0.39, 0.29) is 18.6 Å². The van der Waals surface area contributed by atoms with Crippen molar-refractivity contribution in [3.05, 3.63) is 95.9 Å². The lowest BCUT2D eigenvalue weighted by molar-refractivity contribution is -0.131. The molecule has 4 aromatic rings. The SMILES string of the molecule is Cc1nc2cccnc2n1C1C[C@H]2CC[C@@H](C1)N2CC[C@H](C(=O)N1C(=O)OC[C@H]1Cc1ccccc1)c1ccccc1. The van der Waals surface area contributed by atoms with Crippen LogP contribution in [0.15, 0.2) is 79.0 Å². The van der Waals surface area contributed by atoms with E-state index in [1.54, 1.807) is 0 Å². The van der Waals surface area contributed by atoms with Crippen molar-refractivity contribution in [2.24, 2.45) is 0 Å². The van der Waals surface area contributed by atoms with E-state index >= 15 is 0 Å². The maximum atomic E-state index is 14.2. The minimum absolute atomic E-state index is 0.154. The Balaban J connectivity index is 1.09. The van der Waals surface area contributed by atoms with Crippen molar-refractivity contribution in [3.63, 3.8) is 0 Å². The molecule has 3 saturated heterocycles. The Kier molecular flexibility index (Phi) is 7.24. The number of fused-ring (bicyclic) bond motifs is 3. The van der Waals surface area contributed by atoms with Crippen LogP contribution >= 0.6 is 0 Å². The summed E-state index contributed by atoms with van der Waals surface area (Å²) in [5.74, 6) is 0.466. The number of rotatable bonds is 8. The normalized spacial score (nSPS) is 24.7. The van der Waals surface area contributed by atoms with Crippen LogP contribution in [0.3, 0.4) is 0 Å². The maximum Gasteiger partial charge on any atom is 0.417 e. The van der Waals surface area contributed by atoms with Gasteiger partial charge in [0.2, 0.25) is 5.91 Å². The number of ether oxygens (including phenoxy) is 1. The van der Waals surface area contributed by atoms with Crippen LogP contribution in [0, 0.1) is 6.92 Å². The van der Waals surface area contributed by atoms with Crippen LogP contribution in [-0.4, -0.2) is 67.6 Å². The van der Waals surface area contributed by atoms with Gasteiger partial charge in [0.25, 0.3) is 0 Å². The number of benzene rings is 2. The smallest absolute Gasteiger partial charge is 0.417 e. The first kappa shape index (κ1) is 26.8. The topological polar surface area (TPSA) is 80.6 Å². The number of imide groups is 1. The third kappa shape index (κ3) is 4.98. The van der Waals surface area contributed by atoms with Gasteiger partial charge in [-0.1, -0.05) is 60.7 Å². The lowest BCUT2D eigenvalue weighted by Crippen LogP contribution is -2.46. The first-order valence-corrected chi connectivity index (χ1v) is 15.2. The third-order valence-electron chi connectivity index (χ3n) is 9.54. The highest BCUT2D eigenvalue weighted by Crippen LogP contribution is 2.43. The van der Waals surface area contributed by atoms with Gasteiger partial charge >= 0.3 is 6.09 Å². The van der Waals surface area contributed by atoms with Crippen LogP contribution in [-0.2, 0) is 16.0 Å². The highest BCUT2D eigenvalue weighted by molar-refractivity contribution is 5.97. The molecular weight excluding hydrogens is 526 g/mol. The molecule has 8 heteroatoms. The molecule has 3 aliphatic rings. The molecule has 2 amide bonds. The molecule has 0 radical (unpaired) electrons. The molecule has 216 valence electrons. The number of cyclic esters (lactones) is 1. The molecule has 2 bridgehead atoms. The summed E-state index contributed by atoms with van der Waals surface area (Å²) in [6.45, 7) is 3.14. The Morgan fingerprint density at radius 2 is 1.67 bits per heavy atom. The molecule has 7 rings (SSSR count). The number of pyridine rings is 1. The van der Waals surface area contributed by atoms with E-state index < -0.39 is 12.0 Å². The van der Waals surface area contributed by atoms with Gasteiger partial charge in [0.15, 0.2) is 5.65 Å². The van der Waals surface area contributed by atoms with Crippen LogP contribution in [0.25, 0.3) is 11.2 Å². The van der Waals surface area contributed by atoms with E-state index in [1.165, 1.54) is 17.7 Å². The van der Waals surface area contributed by atoms with E-state index in [4.69, 9.17) is 9.72 Å². The summed E-state index contributed by atoms with van der Waals surface area (Å²) in [4.78, 5) is 40.5. The summed E-state index contributed by atoms with van der Waals surface area (Å²) < 4.78 is 7.77. The number of aromatic nitrogens is 3. The first-order chi connectivity index (χ1) is 20.6. The molecule has 5 heterocycles. The minimum Gasteiger partial charge on any atom is -0.447 e. The van der Waals surface area contributed by atoms with Gasteiger partial charge < -0.3 is 9.30 Å². The fourth-order valence-corrected chi connectivity index (χ4v) is 7.63. The van der Waals surface area contributed by atoms with Gasteiger partial charge in [-0.3, -0.25) is 9.69 Å². The lowest BCUT2D eigenvalue weighted by atomic mass is 9.91. The van der Waals surface area contributed by atoms with Crippen molar-refractivity contribution in [3.8, 4) is 0 Å². The lowest BCUT2D eigenvalue weighted by Gasteiger charge is -2.40. The van der Waals surface area contributed by atoms with Crippen LogP contribution in [0.5, 0.6) is 0 Å². The van der Waals surface area contributed by atoms with Crippen molar-refractivity contribution in [1.29, 1.82) is 0 Å². The number of nitrogens with zero attached hydrogens (tertiary/aromatic N) is 5. The average Bonchev–Trinajstić information content (AvgIpc) is 3.62. The fraction of sp³-hybridized carbons (Fsp3) is 0.412. The summed E-state index contributed by atoms with van der Waals surface area (Å²) in [5.41, 5.74) is 3.98. The predicted octanol–water partition coefficient (Wildman–Crippen LogP) is 5.67. The quantitative estimate of drug-likeness (QED) is 0.275. The molecule has 3 aliphatic heterocycles. The molecule has 1 unspecified atom stereocenters. The van der Waals surface area contributed by atoms with Crippen LogP contribution in [0.1, 0.15) is 61.0 Å². The second-order valence-corrected chi connectivity index (χ2v) is 12.0. The van der Waals surface area contributed by atoms with Crippen molar-refractivity contribution >= 4 is 23.2 Å². The van der Waals surface area contributed by atoms with E-state index in [1.807, 2.05) is 79.0 Å². The molecule has 0 saturated carbocycles. The number of imidazole rings is 1. The van der Waals surface area contributed by atoms with Gasteiger partial charge in [-0.15, -0.1) is 0 Å². The Morgan fingerprint density at radius 3 is 2.40 bits per heavy atom. The summed E-state index contributed by atoms with van der Waals surface area (Å²) in [5, 5.41) is 0. The molecule has 42 heavy (non-hydrogen) atoms. The summed E-state index contributed by atoms with van der Waals surface area (Å²) in [6, 6.07) is 24.9. The molecular formula is C34H37N5O3. The zero-order chi connectivity index (χ0) is 28.6. The van der Waals surface area contributed by atoms with Crippen LogP contribution in [0.2, 0.25) is 0 Å². The molecule has 5 atom stereocenters. The van der Waals surface area contributed by atoms with Crippen molar-refractivity contribution in [2.45, 2.75) is 75.5 Å². The monoisotopic (exact) mass is 563 g/mol. The van der Waals surface area contributed by atoms with Crippen molar-refractivity contribution in [1.82, 2.24) is 24.3 Å². The highest BCUT2D eigenvalue weighted by atomic mass is 16.6. The average molecular weight is 564 g/mol. The van der Waals surface area contributed by atoms with Crippen LogP contribution in [0.4, 0.5) is 4.79 Å². The molecule has 2 aromatic heterocycles. The largest absolute Gasteiger partial charge is 0.447 e. The number of hydrogen-bond donors (Lipinski definition) is 0. The third-order valence-corrected chi connectivity index (χ3v) is 9.54. The highest BCUT2D eigenvalue weighted by Gasteiger charge is 2.44. The maximum absolute atomic E-state index is 14.2. The van der Waals surface area contributed by atoms with Gasteiger partial charge in [-0.2, -0.15) is 0 Å². The molecule has 0 aliphatic carbocycles. The number of piperidine rings is 1. The van der Waals surface area contributed by atoms with E-state index in [9.17, 15) is 9.59 Å². The number of hydrogen-bond acceptors (Lipinski definition) is 6. The van der Waals surface area contributed by atoms with Gasteiger partial charge in [0, 0.05) is 24.3 Å². The van der Waals surface area contributed by atoms with Crippen molar-refractivity contribution < 1.29 is 14.3 Å². The first-order valence-electron chi connectivity index (χ1n) is 15.2. The second kappa shape index (κ2) is 11.3.